The van der Waals surface area contributed by atoms with E-state index >= 15 is 0 Å². The van der Waals surface area contributed by atoms with Gasteiger partial charge in [-0.25, -0.2) is 0 Å². The third kappa shape index (κ3) is 6.39. The molecule has 1 amide bonds. The smallest absolute Gasteiger partial charge is 0.236 e. The fourth-order valence-corrected chi connectivity index (χ4v) is 2.69. The molecule has 0 saturated carbocycles. The predicted molar refractivity (Wildman–Crippen MR) is 79.9 cm³/mol. The number of rotatable bonds is 6. The van der Waals surface area contributed by atoms with Gasteiger partial charge < -0.3 is 10.6 Å². The predicted octanol–water partition coefficient (Wildman–Crippen LogP) is 1.55. The van der Waals surface area contributed by atoms with Crippen molar-refractivity contribution in [3.05, 3.63) is 0 Å². The second-order valence-electron chi connectivity index (χ2n) is 6.72. The van der Waals surface area contributed by atoms with Crippen LogP contribution in [0.15, 0.2) is 0 Å². The summed E-state index contributed by atoms with van der Waals surface area (Å²) in [5.74, 6) is 1.30. The highest BCUT2D eigenvalue weighted by atomic mass is 16.2. The van der Waals surface area contributed by atoms with E-state index in [2.05, 4.69) is 32.6 Å². The Morgan fingerprint density at radius 1 is 1.26 bits per heavy atom. The standard InChI is InChI=1S/C15H31N3O/c1-12(2)8-18(9-13(3)4)15(19)11-17-7-5-6-14(16)10-17/h12-14H,5-11,16H2,1-4H3. The highest BCUT2D eigenvalue weighted by Gasteiger charge is 2.22. The first-order chi connectivity index (χ1) is 8.88. The maximum Gasteiger partial charge on any atom is 0.236 e. The highest BCUT2D eigenvalue weighted by molar-refractivity contribution is 5.78. The topological polar surface area (TPSA) is 49.6 Å². The number of amides is 1. The Labute approximate surface area is 118 Å². The van der Waals surface area contributed by atoms with Gasteiger partial charge in [-0.05, 0) is 31.2 Å². The van der Waals surface area contributed by atoms with Crippen molar-refractivity contribution in [2.75, 3.05) is 32.7 Å². The van der Waals surface area contributed by atoms with E-state index < -0.39 is 0 Å². The summed E-state index contributed by atoms with van der Waals surface area (Å²) in [5.41, 5.74) is 5.97. The molecule has 19 heavy (non-hydrogen) atoms. The fourth-order valence-electron chi connectivity index (χ4n) is 2.69. The SMILES string of the molecule is CC(C)CN(CC(C)C)C(=O)CN1CCCC(N)C1. The van der Waals surface area contributed by atoms with Gasteiger partial charge in [0.25, 0.3) is 0 Å². The van der Waals surface area contributed by atoms with Gasteiger partial charge in [0.2, 0.25) is 5.91 Å². The number of hydrogen-bond acceptors (Lipinski definition) is 3. The molecule has 0 spiro atoms. The van der Waals surface area contributed by atoms with Crippen LogP contribution in [0.1, 0.15) is 40.5 Å². The Bertz CT molecular complexity index is 269. The lowest BCUT2D eigenvalue weighted by Gasteiger charge is -2.33. The van der Waals surface area contributed by atoms with Crippen LogP contribution in [0.25, 0.3) is 0 Å². The molecule has 1 rings (SSSR count). The minimum Gasteiger partial charge on any atom is -0.341 e. The van der Waals surface area contributed by atoms with Crippen molar-refractivity contribution in [1.29, 1.82) is 0 Å². The minimum absolute atomic E-state index is 0.241. The summed E-state index contributed by atoms with van der Waals surface area (Å²) in [6.07, 6.45) is 2.20. The van der Waals surface area contributed by atoms with Crippen molar-refractivity contribution < 1.29 is 4.79 Å². The lowest BCUT2D eigenvalue weighted by Crippen LogP contribution is -2.49. The largest absolute Gasteiger partial charge is 0.341 e. The molecule has 4 nitrogen and oxygen atoms in total. The molecular weight excluding hydrogens is 238 g/mol. The van der Waals surface area contributed by atoms with Gasteiger partial charge in [0, 0.05) is 25.7 Å². The average Bonchev–Trinajstić information content (AvgIpc) is 2.26. The van der Waals surface area contributed by atoms with Crippen LogP contribution in [0.2, 0.25) is 0 Å². The molecule has 1 fully saturated rings. The second kappa shape index (κ2) is 7.85. The first-order valence-corrected chi connectivity index (χ1v) is 7.64. The van der Waals surface area contributed by atoms with Gasteiger partial charge in [0.1, 0.15) is 0 Å². The van der Waals surface area contributed by atoms with E-state index in [1.165, 1.54) is 0 Å². The molecule has 2 N–H and O–H groups in total. The van der Waals surface area contributed by atoms with Gasteiger partial charge in [0.15, 0.2) is 0 Å². The summed E-state index contributed by atoms with van der Waals surface area (Å²) < 4.78 is 0. The molecule has 0 bridgehead atoms. The zero-order chi connectivity index (χ0) is 14.4. The van der Waals surface area contributed by atoms with Crippen LogP contribution in [0, 0.1) is 11.8 Å². The van der Waals surface area contributed by atoms with Crippen LogP contribution in [0.5, 0.6) is 0 Å². The lowest BCUT2D eigenvalue weighted by molar-refractivity contribution is -0.133. The minimum atomic E-state index is 0.241. The van der Waals surface area contributed by atoms with Crippen LogP contribution in [0.4, 0.5) is 0 Å². The molecule has 4 heteroatoms. The number of likely N-dealkylation sites (tertiary alicyclic amines) is 1. The molecule has 1 aliphatic rings. The van der Waals surface area contributed by atoms with Crippen molar-refractivity contribution in [2.45, 2.75) is 46.6 Å². The average molecular weight is 269 g/mol. The van der Waals surface area contributed by atoms with Crippen LogP contribution in [-0.2, 0) is 4.79 Å². The maximum atomic E-state index is 12.4. The monoisotopic (exact) mass is 269 g/mol. The third-order valence-corrected chi connectivity index (χ3v) is 3.42. The van der Waals surface area contributed by atoms with Crippen molar-refractivity contribution in [3.8, 4) is 0 Å². The van der Waals surface area contributed by atoms with Crippen molar-refractivity contribution in [2.24, 2.45) is 17.6 Å². The van der Waals surface area contributed by atoms with E-state index in [1.54, 1.807) is 0 Å². The van der Waals surface area contributed by atoms with Crippen LogP contribution in [-0.4, -0.2) is 54.5 Å². The molecule has 112 valence electrons. The van der Waals surface area contributed by atoms with Crippen molar-refractivity contribution in [3.63, 3.8) is 0 Å². The first-order valence-electron chi connectivity index (χ1n) is 7.64. The molecular formula is C15H31N3O. The zero-order valence-electron chi connectivity index (χ0n) is 13.1. The summed E-state index contributed by atoms with van der Waals surface area (Å²) in [5, 5.41) is 0. The summed E-state index contributed by atoms with van der Waals surface area (Å²) in [7, 11) is 0. The Morgan fingerprint density at radius 3 is 2.32 bits per heavy atom. The Hall–Kier alpha value is -0.610. The summed E-state index contributed by atoms with van der Waals surface area (Å²) in [6.45, 7) is 12.8. The Morgan fingerprint density at radius 2 is 1.84 bits per heavy atom. The van der Waals surface area contributed by atoms with E-state index in [4.69, 9.17) is 5.73 Å². The number of hydrogen-bond donors (Lipinski definition) is 1. The fraction of sp³-hybridized carbons (Fsp3) is 0.933. The number of carbonyl (C=O) groups excluding carboxylic acids is 1. The molecule has 0 radical (unpaired) electrons. The van der Waals surface area contributed by atoms with Crippen molar-refractivity contribution in [1.82, 2.24) is 9.80 Å². The molecule has 1 aliphatic heterocycles. The normalized spacial score (nSPS) is 21.1. The molecule has 0 aromatic heterocycles. The van der Waals surface area contributed by atoms with Crippen molar-refractivity contribution >= 4 is 5.91 Å². The van der Waals surface area contributed by atoms with E-state index in [-0.39, 0.29) is 11.9 Å². The molecule has 1 heterocycles. The summed E-state index contributed by atoms with van der Waals surface area (Å²) >= 11 is 0. The van der Waals surface area contributed by atoms with E-state index in [0.29, 0.717) is 18.4 Å². The van der Waals surface area contributed by atoms with E-state index in [0.717, 1.165) is 39.0 Å². The van der Waals surface area contributed by atoms with Crippen LogP contribution in [0.3, 0.4) is 0 Å². The molecule has 0 aliphatic carbocycles. The van der Waals surface area contributed by atoms with Crippen LogP contribution < -0.4 is 5.73 Å². The number of nitrogens with two attached hydrogens (primary N) is 1. The second-order valence-corrected chi connectivity index (χ2v) is 6.72. The van der Waals surface area contributed by atoms with Gasteiger partial charge >= 0.3 is 0 Å². The third-order valence-electron chi connectivity index (χ3n) is 3.42. The van der Waals surface area contributed by atoms with Gasteiger partial charge in [-0.15, -0.1) is 0 Å². The van der Waals surface area contributed by atoms with Gasteiger partial charge in [-0.1, -0.05) is 27.7 Å². The summed E-state index contributed by atoms with van der Waals surface area (Å²) in [6, 6.07) is 0.241. The molecule has 0 aromatic carbocycles. The quantitative estimate of drug-likeness (QED) is 0.796. The van der Waals surface area contributed by atoms with E-state index in [9.17, 15) is 4.79 Å². The molecule has 1 atom stereocenters. The number of nitrogens with zero attached hydrogens (tertiary/aromatic N) is 2. The summed E-state index contributed by atoms with van der Waals surface area (Å²) in [4.78, 5) is 16.7. The van der Waals surface area contributed by atoms with Crippen LogP contribution >= 0.6 is 0 Å². The van der Waals surface area contributed by atoms with Gasteiger partial charge in [-0.2, -0.15) is 0 Å². The first kappa shape index (κ1) is 16.4. The highest BCUT2D eigenvalue weighted by Crippen LogP contribution is 2.10. The maximum absolute atomic E-state index is 12.4. The number of piperidine rings is 1. The van der Waals surface area contributed by atoms with Gasteiger partial charge in [-0.3, -0.25) is 9.69 Å². The van der Waals surface area contributed by atoms with E-state index in [1.807, 2.05) is 4.90 Å². The molecule has 1 saturated heterocycles. The Kier molecular flexibility index (Phi) is 6.80. The zero-order valence-corrected chi connectivity index (χ0v) is 13.1. The number of carbonyl (C=O) groups is 1. The van der Waals surface area contributed by atoms with Gasteiger partial charge in [0.05, 0.1) is 6.54 Å². The molecule has 0 aromatic rings. The lowest BCUT2D eigenvalue weighted by atomic mass is 10.1. The Balaban J connectivity index is 2.50. The molecule has 1 unspecified atom stereocenters.